The Bertz CT molecular complexity index is 797. The normalized spacial score (nSPS) is 10.7. The lowest BCUT2D eigenvalue weighted by molar-refractivity contribution is -0.118. The van der Waals surface area contributed by atoms with Crippen LogP contribution in [0, 0.1) is 0 Å². The molecule has 0 aliphatic rings. The van der Waals surface area contributed by atoms with Gasteiger partial charge in [0.05, 0.1) is 5.52 Å². The van der Waals surface area contributed by atoms with E-state index in [1.807, 2.05) is 36.4 Å². The fourth-order valence-corrected chi connectivity index (χ4v) is 2.64. The molecule has 0 aliphatic heterocycles. The molecular weight excluding hydrogens is 272 g/mol. The summed E-state index contributed by atoms with van der Waals surface area (Å²) in [6, 6.07) is 20.5. The highest BCUT2D eigenvalue weighted by atomic mass is 16.1. The summed E-state index contributed by atoms with van der Waals surface area (Å²) in [6.07, 6.45) is 1.86. The van der Waals surface area contributed by atoms with E-state index in [9.17, 15) is 4.79 Å². The average molecular weight is 290 g/mol. The number of benzene rings is 2. The number of pyridine rings is 1. The summed E-state index contributed by atoms with van der Waals surface area (Å²) >= 11 is 0. The Kier molecular flexibility index (Phi) is 4.15. The van der Waals surface area contributed by atoms with Gasteiger partial charge in [-0.15, -0.1) is 0 Å². The van der Waals surface area contributed by atoms with Crippen LogP contribution >= 0.6 is 0 Å². The molecule has 1 aromatic heterocycles. The van der Waals surface area contributed by atoms with E-state index < -0.39 is 0 Å². The second kappa shape index (κ2) is 6.39. The molecule has 110 valence electrons. The molecule has 2 aromatic carbocycles. The second-order valence-corrected chi connectivity index (χ2v) is 5.36. The molecule has 0 radical (unpaired) electrons. The second-order valence-electron chi connectivity index (χ2n) is 5.36. The molecule has 1 heterocycles. The molecule has 0 fully saturated rings. The Morgan fingerprint density at radius 2 is 1.73 bits per heavy atom. The van der Waals surface area contributed by atoms with Crippen molar-refractivity contribution in [2.45, 2.75) is 19.3 Å². The molecule has 1 amide bonds. The van der Waals surface area contributed by atoms with Crippen molar-refractivity contribution in [3.05, 3.63) is 66.4 Å². The minimum atomic E-state index is -0.262. The van der Waals surface area contributed by atoms with Gasteiger partial charge in [0.25, 0.3) is 0 Å². The average Bonchev–Trinajstić information content (AvgIpc) is 2.54. The van der Waals surface area contributed by atoms with Crippen LogP contribution in [-0.2, 0) is 11.2 Å². The summed E-state index contributed by atoms with van der Waals surface area (Å²) < 4.78 is 0. The first-order valence-corrected chi connectivity index (χ1v) is 7.46. The molecule has 0 atom stereocenters. The van der Waals surface area contributed by atoms with E-state index in [-0.39, 0.29) is 5.91 Å². The molecule has 2 N–H and O–H groups in total. The first-order chi connectivity index (χ1) is 10.7. The molecule has 0 spiro atoms. The lowest BCUT2D eigenvalue weighted by atomic mass is 9.98. The fourth-order valence-electron chi connectivity index (χ4n) is 2.64. The number of hydrogen-bond donors (Lipinski definition) is 1. The Hall–Kier alpha value is -2.68. The standard InChI is InChI=1S/C19H18N2O/c20-19(22)12-6-11-18-16(14-7-2-1-3-8-14)13-15-9-4-5-10-17(15)21-18/h1-5,7-10,13H,6,11-12H2,(H2,20,22). The highest BCUT2D eigenvalue weighted by molar-refractivity contribution is 5.85. The van der Waals surface area contributed by atoms with Gasteiger partial charge < -0.3 is 5.73 Å². The van der Waals surface area contributed by atoms with Crippen molar-refractivity contribution in [2.24, 2.45) is 5.73 Å². The number of rotatable bonds is 5. The number of carbonyl (C=O) groups is 1. The van der Waals surface area contributed by atoms with Gasteiger partial charge in [-0.05, 0) is 30.5 Å². The van der Waals surface area contributed by atoms with Crippen molar-refractivity contribution in [1.82, 2.24) is 4.98 Å². The molecule has 22 heavy (non-hydrogen) atoms. The van der Waals surface area contributed by atoms with Gasteiger partial charge in [0, 0.05) is 23.1 Å². The lowest BCUT2D eigenvalue weighted by Crippen LogP contribution is -2.10. The summed E-state index contributed by atoms with van der Waals surface area (Å²) in [7, 11) is 0. The zero-order valence-corrected chi connectivity index (χ0v) is 12.3. The van der Waals surface area contributed by atoms with E-state index in [2.05, 4.69) is 24.3 Å². The van der Waals surface area contributed by atoms with Crippen LogP contribution in [0.2, 0.25) is 0 Å². The molecule has 0 unspecified atom stereocenters. The highest BCUT2D eigenvalue weighted by Crippen LogP contribution is 2.27. The monoisotopic (exact) mass is 290 g/mol. The van der Waals surface area contributed by atoms with Crippen LogP contribution < -0.4 is 5.73 Å². The Labute approximate surface area is 129 Å². The first-order valence-electron chi connectivity index (χ1n) is 7.46. The number of nitrogens with two attached hydrogens (primary N) is 1. The number of amides is 1. The molecule has 0 bridgehead atoms. The number of primary amides is 1. The molecule has 0 saturated carbocycles. The number of fused-ring (bicyclic) bond motifs is 1. The van der Waals surface area contributed by atoms with Crippen molar-refractivity contribution in [3.63, 3.8) is 0 Å². The molecule has 3 nitrogen and oxygen atoms in total. The van der Waals surface area contributed by atoms with Crippen LogP contribution in [0.25, 0.3) is 22.0 Å². The van der Waals surface area contributed by atoms with E-state index in [4.69, 9.17) is 10.7 Å². The van der Waals surface area contributed by atoms with E-state index in [1.165, 1.54) is 0 Å². The summed E-state index contributed by atoms with van der Waals surface area (Å²) in [5.41, 5.74) is 9.52. The summed E-state index contributed by atoms with van der Waals surface area (Å²) in [5, 5.41) is 1.13. The Balaban J connectivity index is 2.04. The van der Waals surface area contributed by atoms with Crippen LogP contribution in [0.1, 0.15) is 18.5 Å². The minimum absolute atomic E-state index is 0.262. The maximum absolute atomic E-state index is 11.0. The predicted molar refractivity (Wildman–Crippen MR) is 89.3 cm³/mol. The van der Waals surface area contributed by atoms with Gasteiger partial charge in [-0.1, -0.05) is 48.5 Å². The molecule has 0 saturated heterocycles. The summed E-state index contributed by atoms with van der Waals surface area (Å²) in [5.74, 6) is -0.262. The van der Waals surface area contributed by atoms with E-state index in [1.54, 1.807) is 0 Å². The molecule has 3 aromatic rings. The number of para-hydroxylation sites is 1. The number of hydrogen-bond acceptors (Lipinski definition) is 2. The summed E-state index contributed by atoms with van der Waals surface area (Å²) in [4.78, 5) is 15.8. The van der Waals surface area contributed by atoms with Crippen LogP contribution in [-0.4, -0.2) is 10.9 Å². The van der Waals surface area contributed by atoms with Gasteiger partial charge in [0.15, 0.2) is 0 Å². The lowest BCUT2D eigenvalue weighted by Gasteiger charge is -2.11. The Morgan fingerprint density at radius 3 is 2.50 bits per heavy atom. The van der Waals surface area contributed by atoms with Gasteiger partial charge in [-0.3, -0.25) is 9.78 Å². The third-order valence-corrected chi connectivity index (χ3v) is 3.72. The smallest absolute Gasteiger partial charge is 0.217 e. The highest BCUT2D eigenvalue weighted by Gasteiger charge is 2.09. The maximum Gasteiger partial charge on any atom is 0.217 e. The van der Waals surface area contributed by atoms with Crippen molar-refractivity contribution in [2.75, 3.05) is 0 Å². The van der Waals surface area contributed by atoms with Crippen LogP contribution in [0.15, 0.2) is 60.7 Å². The summed E-state index contributed by atoms with van der Waals surface area (Å²) in [6.45, 7) is 0. The van der Waals surface area contributed by atoms with Gasteiger partial charge in [0.2, 0.25) is 5.91 Å². The molecule has 3 rings (SSSR count). The van der Waals surface area contributed by atoms with Gasteiger partial charge in [0.1, 0.15) is 0 Å². The van der Waals surface area contributed by atoms with E-state index in [0.29, 0.717) is 6.42 Å². The third kappa shape index (κ3) is 3.14. The molecule has 3 heteroatoms. The number of aromatic nitrogens is 1. The van der Waals surface area contributed by atoms with Gasteiger partial charge >= 0.3 is 0 Å². The minimum Gasteiger partial charge on any atom is -0.370 e. The van der Waals surface area contributed by atoms with Crippen molar-refractivity contribution < 1.29 is 4.79 Å². The quantitative estimate of drug-likeness (QED) is 0.778. The maximum atomic E-state index is 11.0. The van der Waals surface area contributed by atoms with Crippen molar-refractivity contribution >= 4 is 16.8 Å². The van der Waals surface area contributed by atoms with Crippen molar-refractivity contribution in [3.8, 4) is 11.1 Å². The zero-order chi connectivity index (χ0) is 15.4. The Morgan fingerprint density at radius 1 is 1.00 bits per heavy atom. The SMILES string of the molecule is NC(=O)CCCc1nc2ccccc2cc1-c1ccccc1. The molecule has 0 aliphatic carbocycles. The molecular formula is C19H18N2O. The van der Waals surface area contributed by atoms with E-state index in [0.717, 1.165) is 40.6 Å². The largest absolute Gasteiger partial charge is 0.370 e. The van der Waals surface area contributed by atoms with E-state index >= 15 is 0 Å². The van der Waals surface area contributed by atoms with Gasteiger partial charge in [-0.25, -0.2) is 0 Å². The van der Waals surface area contributed by atoms with Crippen molar-refractivity contribution in [1.29, 1.82) is 0 Å². The van der Waals surface area contributed by atoms with Crippen LogP contribution in [0.3, 0.4) is 0 Å². The zero-order valence-electron chi connectivity index (χ0n) is 12.3. The fraction of sp³-hybridized carbons (Fsp3) is 0.158. The van der Waals surface area contributed by atoms with Crippen LogP contribution in [0.4, 0.5) is 0 Å². The number of nitrogens with zero attached hydrogens (tertiary/aromatic N) is 1. The predicted octanol–water partition coefficient (Wildman–Crippen LogP) is 3.71. The topological polar surface area (TPSA) is 56.0 Å². The number of aryl methyl sites for hydroxylation is 1. The first kappa shape index (κ1) is 14.3. The van der Waals surface area contributed by atoms with Crippen LogP contribution in [0.5, 0.6) is 0 Å². The number of carbonyl (C=O) groups excluding carboxylic acids is 1. The third-order valence-electron chi connectivity index (χ3n) is 3.72. The van der Waals surface area contributed by atoms with Gasteiger partial charge in [-0.2, -0.15) is 0 Å².